The first-order valence-corrected chi connectivity index (χ1v) is 14.8. The molecule has 0 amide bonds. The minimum absolute atomic E-state index is 0.0567. The number of ether oxygens (including phenoxy) is 7. The summed E-state index contributed by atoms with van der Waals surface area (Å²) in [5, 5.41) is 0. The van der Waals surface area contributed by atoms with Gasteiger partial charge in [0, 0.05) is 34.6 Å². The predicted molar refractivity (Wildman–Crippen MR) is 152 cm³/mol. The van der Waals surface area contributed by atoms with Crippen LogP contribution in [0.15, 0.2) is 30.3 Å². The summed E-state index contributed by atoms with van der Waals surface area (Å²) in [4.78, 5) is 76.9. The van der Waals surface area contributed by atoms with Gasteiger partial charge in [0.1, 0.15) is 35.9 Å². The van der Waals surface area contributed by atoms with Gasteiger partial charge in [-0.2, -0.15) is 0 Å². The second-order valence-corrected chi connectivity index (χ2v) is 12.5. The Labute approximate surface area is 261 Å². The number of carbonyl (C=O) groups excluding carboxylic acids is 6. The van der Waals surface area contributed by atoms with Gasteiger partial charge < -0.3 is 33.2 Å². The molecule has 3 aliphatic rings. The first-order chi connectivity index (χ1) is 21.0. The van der Waals surface area contributed by atoms with Crippen LogP contribution in [0.2, 0.25) is 0 Å². The second kappa shape index (κ2) is 12.4. The van der Waals surface area contributed by atoms with Crippen LogP contribution in [0.4, 0.5) is 0 Å². The maximum absolute atomic E-state index is 13.7. The van der Waals surface area contributed by atoms with Crippen molar-refractivity contribution in [1.29, 1.82) is 0 Å². The SMILES string of the molecule is CC(=O)OC[C@]12[C@H](OC(C)=O)[C@H](OC(=O)c3ccccc3)[C@@H]3[C@@H](OC(C)=O)[C@]1(OC3(C)C)[C@H](C)C[C@H](OC(C)=O)[C@@H]2OC(C)=O. The highest BCUT2D eigenvalue weighted by molar-refractivity contribution is 5.89. The van der Waals surface area contributed by atoms with Crippen LogP contribution in [-0.4, -0.2) is 84.1 Å². The van der Waals surface area contributed by atoms with E-state index in [1.807, 2.05) is 0 Å². The van der Waals surface area contributed by atoms with Crippen LogP contribution >= 0.6 is 0 Å². The molecule has 13 nitrogen and oxygen atoms in total. The van der Waals surface area contributed by atoms with Gasteiger partial charge in [-0.1, -0.05) is 25.1 Å². The zero-order chi connectivity index (χ0) is 33.5. The minimum atomic E-state index is -1.94. The van der Waals surface area contributed by atoms with E-state index in [2.05, 4.69) is 0 Å². The maximum atomic E-state index is 13.7. The molecule has 2 saturated carbocycles. The molecule has 13 heteroatoms. The van der Waals surface area contributed by atoms with Crippen LogP contribution in [0.25, 0.3) is 0 Å². The lowest BCUT2D eigenvalue weighted by atomic mass is 9.47. The molecule has 45 heavy (non-hydrogen) atoms. The molecule has 0 N–H and O–H groups in total. The van der Waals surface area contributed by atoms with Crippen molar-refractivity contribution >= 4 is 35.8 Å². The molecule has 0 radical (unpaired) electrons. The van der Waals surface area contributed by atoms with Gasteiger partial charge >= 0.3 is 35.8 Å². The van der Waals surface area contributed by atoms with Crippen molar-refractivity contribution in [2.75, 3.05) is 6.61 Å². The highest BCUT2D eigenvalue weighted by Gasteiger charge is 2.85. The van der Waals surface area contributed by atoms with Crippen molar-refractivity contribution < 1.29 is 61.9 Å². The molecule has 1 heterocycles. The van der Waals surface area contributed by atoms with Crippen molar-refractivity contribution in [3.63, 3.8) is 0 Å². The van der Waals surface area contributed by atoms with Crippen molar-refractivity contribution in [2.45, 2.75) is 104 Å². The summed E-state index contributed by atoms with van der Waals surface area (Å²) < 4.78 is 42.4. The van der Waals surface area contributed by atoms with E-state index in [9.17, 15) is 28.8 Å². The third-order valence-corrected chi connectivity index (χ3v) is 9.00. The Kier molecular flexibility index (Phi) is 9.35. The van der Waals surface area contributed by atoms with Gasteiger partial charge in [0.2, 0.25) is 0 Å². The van der Waals surface area contributed by atoms with E-state index in [-0.39, 0.29) is 12.0 Å². The fourth-order valence-corrected chi connectivity index (χ4v) is 7.80. The zero-order valence-corrected chi connectivity index (χ0v) is 26.6. The largest absolute Gasteiger partial charge is 0.465 e. The van der Waals surface area contributed by atoms with E-state index < -0.39 is 101 Å². The number of hydrogen-bond donors (Lipinski definition) is 0. The number of rotatable bonds is 8. The van der Waals surface area contributed by atoms with Gasteiger partial charge in [-0.15, -0.1) is 0 Å². The first-order valence-electron chi connectivity index (χ1n) is 14.8. The Bertz CT molecular complexity index is 1360. The summed E-state index contributed by atoms with van der Waals surface area (Å²) in [5.41, 5.74) is -4.69. The molecule has 0 aromatic heterocycles. The zero-order valence-electron chi connectivity index (χ0n) is 26.6. The van der Waals surface area contributed by atoms with Gasteiger partial charge in [0.25, 0.3) is 0 Å². The summed E-state index contributed by atoms with van der Waals surface area (Å²) >= 11 is 0. The number of benzene rings is 1. The average molecular weight is 633 g/mol. The number of carbonyl (C=O) groups is 6. The van der Waals surface area contributed by atoms with Crippen LogP contribution < -0.4 is 0 Å². The van der Waals surface area contributed by atoms with Crippen LogP contribution in [0.1, 0.15) is 72.2 Å². The van der Waals surface area contributed by atoms with Crippen molar-refractivity contribution in [3.8, 4) is 0 Å². The Hall–Kier alpha value is -4.00. The molecule has 2 aliphatic carbocycles. The predicted octanol–water partition coefficient (Wildman–Crippen LogP) is 2.71. The molecule has 1 saturated heterocycles. The summed E-state index contributed by atoms with van der Waals surface area (Å²) in [7, 11) is 0. The molecule has 246 valence electrons. The summed E-state index contributed by atoms with van der Waals surface area (Å²) in [6.07, 6.45) is -6.73. The van der Waals surface area contributed by atoms with E-state index in [0.29, 0.717) is 0 Å². The normalized spacial score (nSPS) is 34.4. The van der Waals surface area contributed by atoms with Gasteiger partial charge in [0.05, 0.1) is 17.1 Å². The Morgan fingerprint density at radius 2 is 1.27 bits per heavy atom. The molecular formula is C32H40O13. The van der Waals surface area contributed by atoms with Crippen LogP contribution in [0, 0.1) is 17.3 Å². The molecule has 1 aromatic rings. The van der Waals surface area contributed by atoms with Gasteiger partial charge in [-0.3, -0.25) is 24.0 Å². The molecule has 2 bridgehead atoms. The van der Waals surface area contributed by atoms with Gasteiger partial charge in [-0.05, 0) is 38.3 Å². The highest BCUT2D eigenvalue weighted by atomic mass is 16.6. The van der Waals surface area contributed by atoms with E-state index in [0.717, 1.165) is 20.8 Å². The van der Waals surface area contributed by atoms with E-state index >= 15 is 0 Å². The third-order valence-electron chi connectivity index (χ3n) is 9.00. The minimum Gasteiger partial charge on any atom is -0.465 e. The van der Waals surface area contributed by atoms with Crippen LogP contribution in [0.5, 0.6) is 0 Å². The summed E-state index contributed by atoms with van der Waals surface area (Å²) in [6, 6.07) is 8.07. The summed E-state index contributed by atoms with van der Waals surface area (Å²) in [6.45, 7) is 10.4. The molecule has 3 fully saturated rings. The lowest BCUT2D eigenvalue weighted by molar-refractivity contribution is -0.330. The molecule has 4 rings (SSSR count). The van der Waals surface area contributed by atoms with E-state index in [4.69, 9.17) is 33.2 Å². The summed E-state index contributed by atoms with van der Waals surface area (Å²) in [5.74, 6) is -6.12. The lowest BCUT2D eigenvalue weighted by Crippen LogP contribution is -2.81. The Morgan fingerprint density at radius 1 is 0.733 bits per heavy atom. The topological polar surface area (TPSA) is 167 Å². The molecule has 9 atom stereocenters. The number of fused-ring (bicyclic) bond motifs is 1. The third kappa shape index (κ3) is 5.89. The van der Waals surface area contributed by atoms with Crippen molar-refractivity contribution in [3.05, 3.63) is 35.9 Å². The molecule has 1 spiro atoms. The second-order valence-electron chi connectivity index (χ2n) is 12.5. The molecule has 1 aliphatic heterocycles. The fraction of sp³-hybridized carbons (Fsp3) is 0.625. The van der Waals surface area contributed by atoms with Crippen molar-refractivity contribution in [1.82, 2.24) is 0 Å². The van der Waals surface area contributed by atoms with Gasteiger partial charge in [-0.25, -0.2) is 4.79 Å². The average Bonchev–Trinajstić information content (AvgIpc) is 3.11. The smallest absolute Gasteiger partial charge is 0.338 e. The monoisotopic (exact) mass is 632 g/mol. The fourth-order valence-electron chi connectivity index (χ4n) is 7.80. The molecular weight excluding hydrogens is 592 g/mol. The number of hydrogen-bond acceptors (Lipinski definition) is 13. The number of esters is 6. The van der Waals surface area contributed by atoms with Crippen LogP contribution in [0.3, 0.4) is 0 Å². The molecule has 1 aromatic carbocycles. The quantitative estimate of drug-likeness (QED) is 0.303. The first kappa shape index (κ1) is 33.9. The van der Waals surface area contributed by atoms with E-state index in [1.54, 1.807) is 39.0 Å². The lowest BCUT2D eigenvalue weighted by Gasteiger charge is -2.64. The van der Waals surface area contributed by atoms with Gasteiger partial charge in [0.15, 0.2) is 12.2 Å². The van der Waals surface area contributed by atoms with Crippen molar-refractivity contribution in [2.24, 2.45) is 17.3 Å². The van der Waals surface area contributed by atoms with E-state index in [1.165, 1.54) is 26.0 Å². The van der Waals surface area contributed by atoms with Crippen LogP contribution in [-0.2, 0) is 57.1 Å². The highest BCUT2D eigenvalue weighted by Crippen LogP contribution is 2.68. The maximum Gasteiger partial charge on any atom is 0.338 e. The standard InChI is InChI=1S/C32H40O13/c1-16-14-23(40-18(3)34)26(41-19(4)35)31(15-39-17(2)33)28(43-21(6)37)25(44-29(38)22-12-10-9-11-13-22)24-27(42-20(5)36)32(16,31)45-30(24,7)8/h9-13,16,23-28H,14-15H2,1-8H3/t16-,23+,24-,25-,26+,27-,28-,31+,32-/m1/s1. The Balaban J connectivity index is 2.11. The Morgan fingerprint density at radius 3 is 1.80 bits per heavy atom. The molecule has 0 unspecified atom stereocenters.